The Morgan fingerprint density at radius 1 is 1.01 bits per heavy atom. The molecule has 9 rings (SSSR count). The molecule has 4 bridgehead atoms. The van der Waals surface area contributed by atoms with Crippen LogP contribution in [0.25, 0.3) is 6.08 Å². The molecule has 70 heavy (non-hydrogen) atoms. The van der Waals surface area contributed by atoms with Crippen molar-refractivity contribution < 1.29 is 64.3 Å². The molecule has 1 saturated heterocycles. The third-order valence-electron chi connectivity index (χ3n) is 16.4. The number of ether oxygens (including phenoxy) is 4. The summed E-state index contributed by atoms with van der Waals surface area (Å²) in [5.74, 6) is -3.25. The number of fused-ring (bicyclic) bond motifs is 4. The van der Waals surface area contributed by atoms with E-state index in [-0.39, 0.29) is 90.6 Å². The van der Waals surface area contributed by atoms with Gasteiger partial charge in [-0.2, -0.15) is 0 Å². The molecule has 1 spiro atoms. The summed E-state index contributed by atoms with van der Waals surface area (Å²) in [6.07, 6.45) is 10.8. The highest BCUT2D eigenvalue weighted by Gasteiger charge is 2.60. The molecule has 14 nitrogen and oxygen atoms in total. The van der Waals surface area contributed by atoms with E-state index in [1.807, 2.05) is 18.2 Å². The molecule has 2 heterocycles. The fourth-order valence-corrected chi connectivity index (χ4v) is 12.8. The summed E-state index contributed by atoms with van der Waals surface area (Å²) in [5.41, 5.74) is 3.15. The number of carbonyl (C=O) groups is 2. The summed E-state index contributed by atoms with van der Waals surface area (Å²) in [6, 6.07) is 9.88. The zero-order valence-corrected chi connectivity index (χ0v) is 41.2. The Morgan fingerprint density at radius 2 is 1.81 bits per heavy atom. The Hall–Kier alpha value is -4.38. The lowest BCUT2D eigenvalue weighted by Gasteiger charge is -2.58. The monoisotopic (exact) mass is 970 g/mol. The fourth-order valence-electron chi connectivity index (χ4n) is 12.8. The first-order valence-electron chi connectivity index (χ1n) is 25.5. The number of aliphatic hydroxyl groups excluding tert-OH is 5. The van der Waals surface area contributed by atoms with Crippen molar-refractivity contribution in [1.82, 2.24) is 5.32 Å². The van der Waals surface area contributed by atoms with Crippen molar-refractivity contribution in [2.75, 3.05) is 26.9 Å². The maximum Gasteiger partial charge on any atom is 0.334 e. The minimum atomic E-state index is -2.37. The molecule has 2 aromatic rings. The Labute approximate surface area is 412 Å². The second kappa shape index (κ2) is 21.8. The van der Waals surface area contributed by atoms with Crippen LogP contribution in [0.1, 0.15) is 101 Å². The largest absolute Gasteiger partial charge is 0.504 e. The highest BCUT2D eigenvalue weighted by atomic mass is 16.7. The van der Waals surface area contributed by atoms with Crippen molar-refractivity contribution in [2.24, 2.45) is 46.8 Å². The molecule has 16 atom stereocenters. The van der Waals surface area contributed by atoms with Crippen molar-refractivity contribution in [3.63, 3.8) is 0 Å². The van der Waals surface area contributed by atoms with Crippen LogP contribution < -0.4 is 10.1 Å². The van der Waals surface area contributed by atoms with E-state index in [1.165, 1.54) is 19.3 Å². The number of allylic oxidation sites excluding steroid dienone is 3. The van der Waals surface area contributed by atoms with E-state index in [0.717, 1.165) is 29.5 Å². The van der Waals surface area contributed by atoms with Crippen molar-refractivity contribution in [3.05, 3.63) is 101 Å². The number of methoxy groups -OCH3 is 1. The normalized spacial score (nSPS) is 35.7. The van der Waals surface area contributed by atoms with E-state index >= 15 is 4.79 Å². The van der Waals surface area contributed by atoms with Crippen LogP contribution in [-0.2, 0) is 36.6 Å². The summed E-state index contributed by atoms with van der Waals surface area (Å²) in [6.45, 7) is 8.07. The van der Waals surface area contributed by atoms with Crippen LogP contribution in [0.15, 0.2) is 78.4 Å². The molecular weight excluding hydrogens is 895 g/mol. The van der Waals surface area contributed by atoms with E-state index in [0.29, 0.717) is 49.5 Å². The van der Waals surface area contributed by atoms with E-state index in [2.05, 4.69) is 50.4 Å². The van der Waals surface area contributed by atoms with Crippen LogP contribution in [0.5, 0.6) is 11.5 Å². The number of esters is 2. The number of aryl methyl sites for hydroxylation is 1. The van der Waals surface area contributed by atoms with Crippen molar-refractivity contribution in [3.8, 4) is 11.5 Å². The molecule has 0 unspecified atom stereocenters. The van der Waals surface area contributed by atoms with Crippen LogP contribution in [0.2, 0.25) is 0 Å². The van der Waals surface area contributed by atoms with Crippen LogP contribution in [0.4, 0.5) is 0 Å². The molecule has 8 N–H and O–H groups in total. The molecule has 14 heteroatoms. The van der Waals surface area contributed by atoms with E-state index in [4.69, 9.17) is 18.9 Å². The number of nitrogens with one attached hydrogen (secondary N) is 1. The first-order valence-corrected chi connectivity index (χ1v) is 25.5. The number of carbonyl (C=O) groups excluding carboxylic acids is 2. The number of aliphatic hydroxyl groups is 6. The number of phenols is 1. The Kier molecular flexibility index (Phi) is 16.2. The smallest absolute Gasteiger partial charge is 0.334 e. The van der Waals surface area contributed by atoms with Crippen molar-refractivity contribution in [2.45, 2.75) is 140 Å². The molecule has 1 saturated carbocycles. The molecule has 2 aromatic carbocycles. The van der Waals surface area contributed by atoms with E-state index < -0.39 is 60.4 Å². The molecule has 0 amide bonds. The van der Waals surface area contributed by atoms with Gasteiger partial charge in [-0.05, 0) is 146 Å². The number of rotatable bonds is 18. The molecule has 0 aromatic heterocycles. The number of benzene rings is 2. The summed E-state index contributed by atoms with van der Waals surface area (Å²) in [7, 11) is 1.41. The van der Waals surface area contributed by atoms with Gasteiger partial charge < -0.3 is 60.0 Å². The predicted octanol–water partition coefficient (Wildman–Crippen LogP) is 5.44. The van der Waals surface area contributed by atoms with Crippen molar-refractivity contribution >= 4 is 18.0 Å². The highest BCUT2D eigenvalue weighted by Crippen LogP contribution is 2.61. The van der Waals surface area contributed by atoms with Gasteiger partial charge in [-0.3, -0.25) is 4.79 Å². The van der Waals surface area contributed by atoms with Crippen LogP contribution >= 0.6 is 0 Å². The maximum absolute atomic E-state index is 15.0. The van der Waals surface area contributed by atoms with Gasteiger partial charge in [0.25, 0.3) is 0 Å². The van der Waals surface area contributed by atoms with Gasteiger partial charge in [0.15, 0.2) is 23.7 Å². The topological polar surface area (TPSA) is 225 Å². The van der Waals surface area contributed by atoms with Gasteiger partial charge in [0.2, 0.25) is 5.79 Å². The lowest BCUT2D eigenvalue weighted by molar-refractivity contribution is -0.333. The summed E-state index contributed by atoms with van der Waals surface area (Å²) in [4.78, 5) is 29.4. The third-order valence-corrected chi connectivity index (χ3v) is 16.4. The van der Waals surface area contributed by atoms with Gasteiger partial charge >= 0.3 is 11.9 Å². The lowest BCUT2D eigenvalue weighted by atomic mass is 9.46. The molecular formula is C56H75NO13. The zero-order chi connectivity index (χ0) is 50.1. The molecule has 0 radical (unpaired) electrons. The number of hydrogen-bond donors (Lipinski definition) is 8. The molecule has 382 valence electrons. The number of aromatic hydroxyl groups is 1. The minimum absolute atomic E-state index is 0.0251. The summed E-state index contributed by atoms with van der Waals surface area (Å²) >= 11 is 0. The number of phenolic OH excluding ortho intramolecular Hbond substituents is 1. The minimum Gasteiger partial charge on any atom is -0.504 e. The fraction of sp³-hybridized carbons (Fsp3) is 0.607. The zero-order valence-electron chi connectivity index (χ0n) is 41.2. The van der Waals surface area contributed by atoms with Gasteiger partial charge in [-0.25, -0.2) is 4.79 Å². The van der Waals surface area contributed by atoms with Crippen molar-refractivity contribution in [1.29, 1.82) is 0 Å². The summed E-state index contributed by atoms with van der Waals surface area (Å²) < 4.78 is 24.1. The molecule has 2 aliphatic heterocycles. The predicted molar refractivity (Wildman–Crippen MR) is 262 cm³/mol. The van der Waals surface area contributed by atoms with Gasteiger partial charge in [-0.1, -0.05) is 75.4 Å². The number of hydrogen-bond acceptors (Lipinski definition) is 14. The van der Waals surface area contributed by atoms with Crippen LogP contribution in [0, 0.1) is 46.8 Å². The SMILES string of the molecule is COc1cc(/C=C(\C[C@@H]2c3cc(CCO)ccc3CC[C@H]2CO)C(=O)O[C@@H]2[C@H](OC(=O)CC[C@H]3[C@H]4C=C[C@H](C[C@H]4C)[C@]34C=C[C@H](CC(C)C)[C@H](O)C4)[C@@H](O)[C@H]3O[C@]2(O)C=C[C@@H]3NC[C@H](C)O)ccc1O. The second-order valence-electron chi connectivity index (χ2n) is 21.6. The van der Waals surface area contributed by atoms with Gasteiger partial charge in [0.1, 0.15) is 12.2 Å². The lowest BCUT2D eigenvalue weighted by Crippen LogP contribution is -2.71. The van der Waals surface area contributed by atoms with Gasteiger partial charge in [0, 0.05) is 43.1 Å². The first-order chi connectivity index (χ1) is 33.5. The summed E-state index contributed by atoms with van der Waals surface area (Å²) in [5, 5.41) is 80.4. The third kappa shape index (κ3) is 10.7. The molecule has 2 fully saturated rings. The average molecular weight is 970 g/mol. The van der Waals surface area contributed by atoms with E-state index in [9.17, 15) is 40.5 Å². The van der Waals surface area contributed by atoms with Crippen LogP contribution in [0.3, 0.4) is 0 Å². The van der Waals surface area contributed by atoms with Crippen LogP contribution in [-0.4, -0.2) is 123 Å². The average Bonchev–Trinajstić information content (AvgIpc) is 3.32. The highest BCUT2D eigenvalue weighted by molar-refractivity contribution is 5.94. The van der Waals surface area contributed by atoms with Gasteiger partial charge in [0.05, 0.1) is 25.4 Å². The standard InChI is InChI=1S/C56H75NO13/c1-31(2)22-37-16-19-55(28-47(37)62)40-11-12-41(32(3)23-40)44(55)13-15-49(63)68-52-50(64)51-45(57-29-33(4)60)17-20-56(66,70-51)53(52)69-54(65)39(24-35-7-14-46(61)48(26-35)67-5)27-43-38(30-59)10-9-36-8-6-34(18-21-58)25-42(36)43/h6-8,11-12,14,16-17,19-20,24-26,31-33,37-38,40-41,43-45,47,50-53,57-62,64,66H,9-10,13,15,18,21-23,27-30H2,1-5H3/b39-24+/t32-,33+,37-,38+,40-,41+,43+,44+,45+,47-,50+,51+,52-,53-,55-,56-/m1/s1. The quantitative estimate of drug-likeness (QED) is 0.0530. The molecule has 5 aliphatic carbocycles. The second-order valence-corrected chi connectivity index (χ2v) is 21.6. The Bertz CT molecular complexity index is 2310. The Morgan fingerprint density at radius 3 is 2.51 bits per heavy atom. The Balaban J connectivity index is 1.11. The van der Waals surface area contributed by atoms with Gasteiger partial charge in [-0.15, -0.1) is 0 Å². The molecule has 7 aliphatic rings. The van der Waals surface area contributed by atoms with E-state index in [1.54, 1.807) is 31.2 Å². The first kappa shape index (κ1) is 52.0. The maximum atomic E-state index is 15.0.